The largest absolute Gasteiger partial charge is 0.504 e. The minimum atomic E-state index is -0.226. The fraction of sp³-hybridized carbons (Fsp3) is 0.208. The van der Waals surface area contributed by atoms with E-state index in [0.29, 0.717) is 49.2 Å². The Bertz CT molecular complexity index is 1120. The van der Waals surface area contributed by atoms with Crippen molar-refractivity contribution >= 4 is 52.4 Å². The summed E-state index contributed by atoms with van der Waals surface area (Å²) in [5.74, 6) is -0.0659. The maximum atomic E-state index is 12.5. The zero-order valence-electron chi connectivity index (χ0n) is 17.7. The van der Waals surface area contributed by atoms with E-state index < -0.39 is 0 Å². The molecule has 0 atom stereocenters. The summed E-state index contributed by atoms with van der Waals surface area (Å²) in [7, 11) is 0. The lowest BCUT2D eigenvalue weighted by atomic mass is 10.2. The molecule has 0 unspecified atom stereocenters. The van der Waals surface area contributed by atoms with Gasteiger partial charge in [-0.2, -0.15) is 0 Å². The van der Waals surface area contributed by atoms with Crippen LogP contribution in [0.15, 0.2) is 70.5 Å². The maximum Gasteiger partial charge on any atom is 0.322 e. The van der Waals surface area contributed by atoms with E-state index in [9.17, 15) is 9.90 Å². The molecule has 0 saturated carbocycles. The van der Waals surface area contributed by atoms with Gasteiger partial charge >= 0.3 is 6.03 Å². The highest BCUT2D eigenvalue weighted by molar-refractivity contribution is 7.99. The first kappa shape index (κ1) is 23.6. The van der Waals surface area contributed by atoms with Gasteiger partial charge in [0.05, 0.1) is 23.9 Å². The molecule has 0 spiro atoms. The fourth-order valence-electron chi connectivity index (χ4n) is 3.34. The topological polar surface area (TPSA) is 73.8 Å². The Hall–Kier alpha value is -2.58. The zero-order valence-corrected chi connectivity index (χ0v) is 20.0. The van der Waals surface area contributed by atoms with E-state index in [2.05, 4.69) is 10.6 Å². The van der Waals surface area contributed by atoms with Crippen molar-refractivity contribution in [3.05, 3.63) is 76.3 Å². The second-order valence-electron chi connectivity index (χ2n) is 7.40. The van der Waals surface area contributed by atoms with Crippen molar-refractivity contribution in [2.75, 3.05) is 36.9 Å². The van der Waals surface area contributed by atoms with Crippen LogP contribution in [0.4, 0.5) is 16.2 Å². The molecule has 33 heavy (non-hydrogen) atoms. The smallest absolute Gasteiger partial charge is 0.322 e. The van der Waals surface area contributed by atoms with Gasteiger partial charge in [0.15, 0.2) is 5.75 Å². The molecule has 1 saturated heterocycles. The third-order valence-corrected chi connectivity index (χ3v) is 6.76. The summed E-state index contributed by atoms with van der Waals surface area (Å²) in [5, 5.41) is 17.4. The summed E-state index contributed by atoms with van der Waals surface area (Å²) in [5.41, 5.74) is 1.99. The van der Waals surface area contributed by atoms with Gasteiger partial charge in [0.2, 0.25) is 0 Å². The van der Waals surface area contributed by atoms with E-state index in [0.717, 1.165) is 15.4 Å². The second kappa shape index (κ2) is 11.0. The number of hydrogen-bond acceptors (Lipinski definition) is 5. The number of aromatic hydroxyl groups is 1. The number of phenols is 1. The first-order valence-corrected chi connectivity index (χ1v) is 12.0. The number of ether oxygens (including phenoxy) is 1. The minimum absolute atomic E-state index is 0.0659. The standard InChI is InChI=1S/C24H23Cl2N3O3S/c25-17-5-7-19(8-6-17)33-22-4-2-1-3-16(22)15-27-21-14-18(13-20(26)23(21)30)28-24(31)29-9-11-32-12-10-29/h1-8,13-14,27,30H,9-12,15H2,(H,28,31). The average molecular weight is 504 g/mol. The summed E-state index contributed by atoms with van der Waals surface area (Å²) in [6.07, 6.45) is 0. The van der Waals surface area contributed by atoms with Gasteiger partial charge < -0.3 is 25.4 Å². The fourth-order valence-corrected chi connectivity index (χ4v) is 4.63. The number of nitrogens with zero attached hydrogens (tertiary/aromatic N) is 1. The molecule has 3 aromatic carbocycles. The van der Waals surface area contributed by atoms with Crippen molar-refractivity contribution in [2.45, 2.75) is 16.3 Å². The Morgan fingerprint density at radius 1 is 1.06 bits per heavy atom. The van der Waals surface area contributed by atoms with Crippen LogP contribution >= 0.6 is 35.0 Å². The molecule has 4 rings (SSSR count). The number of urea groups is 1. The molecule has 1 aliphatic rings. The highest BCUT2D eigenvalue weighted by Crippen LogP contribution is 2.37. The normalized spacial score (nSPS) is 13.6. The number of amides is 2. The molecule has 0 aliphatic carbocycles. The number of halogens is 2. The minimum Gasteiger partial charge on any atom is -0.504 e. The van der Waals surface area contributed by atoms with Gasteiger partial charge in [0, 0.05) is 40.1 Å². The van der Waals surface area contributed by atoms with Crippen molar-refractivity contribution in [1.29, 1.82) is 0 Å². The Kier molecular flexibility index (Phi) is 7.88. The average Bonchev–Trinajstić information content (AvgIpc) is 2.83. The van der Waals surface area contributed by atoms with Crippen molar-refractivity contribution in [2.24, 2.45) is 0 Å². The number of hydrogen-bond donors (Lipinski definition) is 3. The van der Waals surface area contributed by atoms with Crippen LogP contribution < -0.4 is 10.6 Å². The van der Waals surface area contributed by atoms with E-state index in [1.54, 1.807) is 22.7 Å². The molecule has 2 amide bonds. The SMILES string of the molecule is O=C(Nc1cc(Cl)c(O)c(NCc2ccccc2Sc2ccc(Cl)cc2)c1)N1CCOCC1. The predicted molar refractivity (Wildman–Crippen MR) is 134 cm³/mol. The molecule has 0 aromatic heterocycles. The summed E-state index contributed by atoms with van der Waals surface area (Å²) in [6, 6.07) is 18.7. The first-order chi connectivity index (χ1) is 16.0. The van der Waals surface area contributed by atoms with Crippen LogP contribution in [0.25, 0.3) is 0 Å². The molecule has 3 aromatic rings. The molecule has 3 N–H and O–H groups in total. The monoisotopic (exact) mass is 503 g/mol. The van der Waals surface area contributed by atoms with Gasteiger partial charge in [0.25, 0.3) is 0 Å². The van der Waals surface area contributed by atoms with Crippen molar-refractivity contribution in [1.82, 2.24) is 4.90 Å². The maximum absolute atomic E-state index is 12.5. The highest BCUT2D eigenvalue weighted by Gasteiger charge is 2.18. The molecule has 1 aliphatic heterocycles. The first-order valence-electron chi connectivity index (χ1n) is 10.4. The summed E-state index contributed by atoms with van der Waals surface area (Å²) >= 11 is 13.9. The van der Waals surface area contributed by atoms with Crippen LogP contribution in [0.3, 0.4) is 0 Å². The third-order valence-electron chi connectivity index (χ3n) is 5.10. The molecule has 172 valence electrons. The van der Waals surface area contributed by atoms with Crippen LogP contribution in [-0.4, -0.2) is 42.3 Å². The lowest BCUT2D eigenvalue weighted by Gasteiger charge is -2.27. The summed E-state index contributed by atoms with van der Waals surface area (Å²) in [4.78, 5) is 16.4. The van der Waals surface area contributed by atoms with Gasteiger partial charge in [-0.25, -0.2) is 4.79 Å². The van der Waals surface area contributed by atoms with E-state index in [-0.39, 0.29) is 16.8 Å². The van der Waals surface area contributed by atoms with Gasteiger partial charge in [0.1, 0.15) is 0 Å². The Morgan fingerprint density at radius 2 is 1.79 bits per heavy atom. The number of benzene rings is 3. The Balaban J connectivity index is 1.47. The predicted octanol–water partition coefficient (Wildman–Crippen LogP) is 6.33. The Labute approximate surface area is 206 Å². The van der Waals surface area contributed by atoms with E-state index in [1.807, 2.05) is 48.5 Å². The second-order valence-corrected chi connectivity index (χ2v) is 9.36. The molecule has 0 bridgehead atoms. The highest BCUT2D eigenvalue weighted by atomic mass is 35.5. The zero-order chi connectivity index (χ0) is 23.2. The van der Waals surface area contributed by atoms with Crippen molar-refractivity contribution < 1.29 is 14.6 Å². The van der Waals surface area contributed by atoms with E-state index in [1.165, 1.54) is 6.07 Å². The van der Waals surface area contributed by atoms with E-state index in [4.69, 9.17) is 27.9 Å². The van der Waals surface area contributed by atoms with Crippen LogP contribution in [0, 0.1) is 0 Å². The number of morpholine rings is 1. The third kappa shape index (κ3) is 6.26. The van der Waals surface area contributed by atoms with Crippen LogP contribution in [0.1, 0.15) is 5.56 Å². The number of phenolic OH excluding ortho intramolecular Hbond substituents is 1. The summed E-state index contributed by atoms with van der Waals surface area (Å²) < 4.78 is 5.29. The molecule has 0 radical (unpaired) electrons. The van der Waals surface area contributed by atoms with Gasteiger partial charge in [-0.15, -0.1) is 0 Å². The summed E-state index contributed by atoms with van der Waals surface area (Å²) in [6.45, 7) is 2.56. The van der Waals surface area contributed by atoms with Gasteiger partial charge in [-0.1, -0.05) is 53.2 Å². The molecule has 6 nitrogen and oxygen atoms in total. The number of rotatable bonds is 6. The van der Waals surface area contributed by atoms with Crippen molar-refractivity contribution in [3.63, 3.8) is 0 Å². The van der Waals surface area contributed by atoms with Crippen LogP contribution in [0.5, 0.6) is 5.75 Å². The molecule has 1 fully saturated rings. The molecular weight excluding hydrogens is 481 g/mol. The van der Waals surface area contributed by atoms with Gasteiger partial charge in [-0.05, 0) is 48.0 Å². The van der Waals surface area contributed by atoms with E-state index >= 15 is 0 Å². The molecular formula is C24H23Cl2N3O3S. The lowest BCUT2D eigenvalue weighted by molar-refractivity contribution is 0.0564. The lowest BCUT2D eigenvalue weighted by Crippen LogP contribution is -2.43. The number of carbonyl (C=O) groups excluding carboxylic acids is 1. The molecule has 1 heterocycles. The van der Waals surface area contributed by atoms with Crippen LogP contribution in [0.2, 0.25) is 10.0 Å². The van der Waals surface area contributed by atoms with Gasteiger partial charge in [-0.3, -0.25) is 0 Å². The quantitative estimate of drug-likeness (QED) is 0.270. The van der Waals surface area contributed by atoms with Crippen LogP contribution in [-0.2, 0) is 11.3 Å². The van der Waals surface area contributed by atoms with Crippen molar-refractivity contribution in [3.8, 4) is 5.75 Å². The number of carbonyl (C=O) groups is 1. The number of anilines is 2. The Morgan fingerprint density at radius 3 is 2.55 bits per heavy atom. The number of nitrogens with one attached hydrogen (secondary N) is 2. The molecule has 9 heteroatoms.